The normalized spacial score (nSPS) is 11.6. The fraction of sp³-hybridized carbons (Fsp3) is 0.500. The Morgan fingerprint density at radius 1 is 1.26 bits per heavy atom. The van der Waals surface area contributed by atoms with Gasteiger partial charge in [-0.2, -0.15) is 0 Å². The molecule has 2 aromatic rings. The van der Waals surface area contributed by atoms with Crippen molar-refractivity contribution < 1.29 is 4.74 Å². The molecule has 0 aliphatic carbocycles. The summed E-state index contributed by atoms with van der Waals surface area (Å²) in [5.41, 5.74) is 2.64. The minimum atomic E-state index is 0.598. The van der Waals surface area contributed by atoms with Gasteiger partial charge in [-0.15, -0.1) is 0 Å². The maximum atomic E-state index is 5.68. The highest BCUT2D eigenvalue weighted by Crippen LogP contribution is 2.21. The van der Waals surface area contributed by atoms with Crippen LogP contribution in [0.5, 0.6) is 0 Å². The molecule has 1 N–H and O–H groups in total. The van der Waals surface area contributed by atoms with Crippen LogP contribution in [-0.2, 0) is 17.8 Å². The summed E-state index contributed by atoms with van der Waals surface area (Å²) in [5.74, 6) is 0.598. The molecule has 104 valence electrons. The van der Waals surface area contributed by atoms with Crippen LogP contribution >= 0.6 is 0 Å². The second kappa shape index (κ2) is 6.73. The molecule has 0 unspecified atom stereocenters. The molecular weight excluding hydrogens is 236 g/mol. The highest BCUT2D eigenvalue weighted by molar-refractivity contribution is 5.83. The number of hydrogen-bond acceptors (Lipinski definition) is 2. The standard InChI is InChI=1S/C16H24N2O/c1-13(2)12-19-9-8-18-11-14(10-17-3)15-6-4-5-7-16(15)18/h4-7,11,13,17H,8-10,12H2,1-3H3. The monoisotopic (exact) mass is 260 g/mol. The third-order valence-corrected chi connectivity index (χ3v) is 3.17. The van der Waals surface area contributed by atoms with Crippen LogP contribution in [0.15, 0.2) is 30.5 Å². The smallest absolute Gasteiger partial charge is 0.0645 e. The minimum Gasteiger partial charge on any atom is -0.379 e. The lowest BCUT2D eigenvalue weighted by Gasteiger charge is -2.08. The Labute approximate surface area is 115 Å². The molecule has 3 nitrogen and oxygen atoms in total. The summed E-state index contributed by atoms with van der Waals surface area (Å²) >= 11 is 0. The molecule has 2 rings (SSSR count). The highest BCUT2D eigenvalue weighted by Gasteiger charge is 2.07. The first kappa shape index (κ1) is 14.1. The molecule has 0 spiro atoms. The molecule has 3 heteroatoms. The SMILES string of the molecule is CNCc1cn(CCOCC(C)C)c2ccccc12. The molecule has 1 heterocycles. The number of nitrogens with zero attached hydrogens (tertiary/aromatic N) is 1. The fourth-order valence-electron chi connectivity index (χ4n) is 2.32. The first-order valence-electron chi connectivity index (χ1n) is 7.01. The van der Waals surface area contributed by atoms with Gasteiger partial charge < -0.3 is 14.6 Å². The zero-order chi connectivity index (χ0) is 13.7. The lowest BCUT2D eigenvalue weighted by molar-refractivity contribution is 0.104. The maximum Gasteiger partial charge on any atom is 0.0645 e. The van der Waals surface area contributed by atoms with Crippen LogP contribution in [0.25, 0.3) is 10.9 Å². The molecule has 0 fully saturated rings. The van der Waals surface area contributed by atoms with Crippen molar-refractivity contribution in [2.24, 2.45) is 5.92 Å². The Hall–Kier alpha value is -1.32. The maximum absolute atomic E-state index is 5.68. The number of rotatable bonds is 7. The number of ether oxygens (including phenoxy) is 1. The molecule has 0 bridgehead atoms. The van der Waals surface area contributed by atoms with Gasteiger partial charge in [0.25, 0.3) is 0 Å². The molecule has 0 aliphatic rings. The molecule has 0 saturated heterocycles. The van der Waals surface area contributed by atoms with E-state index in [1.54, 1.807) is 0 Å². The Morgan fingerprint density at radius 3 is 2.79 bits per heavy atom. The predicted octanol–water partition coefficient (Wildman–Crippen LogP) is 3.03. The second-order valence-corrected chi connectivity index (χ2v) is 5.36. The average Bonchev–Trinajstić information content (AvgIpc) is 2.74. The van der Waals surface area contributed by atoms with Gasteiger partial charge in [0.1, 0.15) is 0 Å². The van der Waals surface area contributed by atoms with E-state index in [4.69, 9.17) is 4.74 Å². The lowest BCUT2D eigenvalue weighted by atomic mass is 10.2. The van der Waals surface area contributed by atoms with Crippen molar-refractivity contribution in [1.29, 1.82) is 0 Å². The van der Waals surface area contributed by atoms with Crippen molar-refractivity contribution >= 4 is 10.9 Å². The van der Waals surface area contributed by atoms with Gasteiger partial charge >= 0.3 is 0 Å². The van der Waals surface area contributed by atoms with Gasteiger partial charge in [0.2, 0.25) is 0 Å². The van der Waals surface area contributed by atoms with Crippen LogP contribution in [0.3, 0.4) is 0 Å². The van der Waals surface area contributed by atoms with Crippen LogP contribution in [0.1, 0.15) is 19.4 Å². The van der Waals surface area contributed by atoms with Gasteiger partial charge in [-0.1, -0.05) is 32.0 Å². The van der Waals surface area contributed by atoms with Gasteiger partial charge in [-0.3, -0.25) is 0 Å². The van der Waals surface area contributed by atoms with Crippen LogP contribution in [0.4, 0.5) is 0 Å². The molecule has 0 amide bonds. The minimum absolute atomic E-state index is 0.598. The lowest BCUT2D eigenvalue weighted by Crippen LogP contribution is -2.09. The quantitative estimate of drug-likeness (QED) is 0.774. The summed E-state index contributed by atoms with van der Waals surface area (Å²) in [6.45, 7) is 7.78. The topological polar surface area (TPSA) is 26.2 Å². The number of para-hydroxylation sites is 1. The van der Waals surface area contributed by atoms with E-state index in [9.17, 15) is 0 Å². The average molecular weight is 260 g/mol. The van der Waals surface area contributed by atoms with E-state index in [0.29, 0.717) is 5.92 Å². The molecule has 0 saturated carbocycles. The van der Waals surface area contributed by atoms with E-state index >= 15 is 0 Å². The summed E-state index contributed by atoms with van der Waals surface area (Å²) in [6.07, 6.45) is 2.24. The van der Waals surface area contributed by atoms with E-state index in [0.717, 1.165) is 26.3 Å². The first-order valence-corrected chi connectivity index (χ1v) is 7.01. The van der Waals surface area contributed by atoms with E-state index in [1.807, 2.05) is 7.05 Å². The Balaban J connectivity index is 2.09. The Kier molecular flexibility index (Phi) is 5.00. The van der Waals surface area contributed by atoms with Crippen LogP contribution in [0.2, 0.25) is 0 Å². The van der Waals surface area contributed by atoms with Crippen LogP contribution < -0.4 is 5.32 Å². The number of benzene rings is 1. The molecular formula is C16H24N2O. The van der Waals surface area contributed by atoms with Crippen LogP contribution in [0, 0.1) is 5.92 Å². The van der Waals surface area contributed by atoms with Crippen molar-refractivity contribution in [1.82, 2.24) is 9.88 Å². The summed E-state index contributed by atoms with van der Waals surface area (Å²) < 4.78 is 7.97. The Morgan fingerprint density at radius 2 is 2.05 bits per heavy atom. The first-order chi connectivity index (χ1) is 9.22. The van der Waals surface area contributed by atoms with Crippen molar-refractivity contribution in [3.05, 3.63) is 36.0 Å². The molecule has 1 aromatic carbocycles. The van der Waals surface area contributed by atoms with Crippen molar-refractivity contribution in [2.75, 3.05) is 20.3 Å². The molecule has 0 radical (unpaired) electrons. The zero-order valence-corrected chi connectivity index (χ0v) is 12.1. The van der Waals surface area contributed by atoms with E-state index < -0.39 is 0 Å². The van der Waals surface area contributed by atoms with E-state index in [1.165, 1.54) is 16.5 Å². The van der Waals surface area contributed by atoms with Gasteiger partial charge in [0, 0.05) is 36.8 Å². The predicted molar refractivity (Wildman–Crippen MR) is 80.4 cm³/mol. The summed E-state index contributed by atoms with van der Waals surface area (Å²) in [5, 5.41) is 4.56. The van der Waals surface area contributed by atoms with Crippen LogP contribution in [-0.4, -0.2) is 24.8 Å². The van der Waals surface area contributed by atoms with Crippen molar-refractivity contribution in [3.63, 3.8) is 0 Å². The van der Waals surface area contributed by atoms with E-state index in [-0.39, 0.29) is 0 Å². The largest absolute Gasteiger partial charge is 0.379 e. The summed E-state index contributed by atoms with van der Waals surface area (Å²) in [4.78, 5) is 0. The molecule has 0 aliphatic heterocycles. The summed E-state index contributed by atoms with van der Waals surface area (Å²) in [6, 6.07) is 8.56. The number of aromatic nitrogens is 1. The third kappa shape index (κ3) is 3.58. The van der Waals surface area contributed by atoms with Crippen molar-refractivity contribution in [2.45, 2.75) is 26.9 Å². The number of hydrogen-bond donors (Lipinski definition) is 1. The molecule has 0 atom stereocenters. The molecule has 19 heavy (non-hydrogen) atoms. The number of fused-ring (bicyclic) bond motifs is 1. The zero-order valence-electron chi connectivity index (χ0n) is 12.1. The van der Waals surface area contributed by atoms with Gasteiger partial charge in [-0.25, -0.2) is 0 Å². The summed E-state index contributed by atoms with van der Waals surface area (Å²) in [7, 11) is 1.98. The third-order valence-electron chi connectivity index (χ3n) is 3.17. The van der Waals surface area contributed by atoms with Gasteiger partial charge in [-0.05, 0) is 24.6 Å². The van der Waals surface area contributed by atoms with Gasteiger partial charge in [0.05, 0.1) is 6.61 Å². The van der Waals surface area contributed by atoms with E-state index in [2.05, 4.69) is 54.2 Å². The van der Waals surface area contributed by atoms with Gasteiger partial charge in [0.15, 0.2) is 0 Å². The number of nitrogens with one attached hydrogen (secondary N) is 1. The highest BCUT2D eigenvalue weighted by atomic mass is 16.5. The fourth-order valence-corrected chi connectivity index (χ4v) is 2.32. The van der Waals surface area contributed by atoms with Crippen molar-refractivity contribution in [3.8, 4) is 0 Å². The Bertz CT molecular complexity index is 516. The second-order valence-electron chi connectivity index (χ2n) is 5.36. The molecule has 1 aromatic heterocycles.